The second kappa shape index (κ2) is 8.07. The number of carbonyl (C=O) groups is 1. The molecule has 1 N–H and O–H groups in total. The van der Waals surface area contributed by atoms with Crippen LogP contribution in [0.4, 0.5) is 0 Å². The molecular weight excluding hydrogens is 270 g/mol. The van der Waals surface area contributed by atoms with Gasteiger partial charge in [-0.25, -0.2) is 0 Å². The van der Waals surface area contributed by atoms with E-state index in [9.17, 15) is 4.79 Å². The number of hydrogen-bond donors (Lipinski definition) is 1. The van der Waals surface area contributed by atoms with Crippen molar-refractivity contribution in [2.75, 3.05) is 13.2 Å². The van der Waals surface area contributed by atoms with Crippen LogP contribution in [-0.4, -0.2) is 30.0 Å². The average molecular weight is 292 g/mol. The zero-order valence-electron chi connectivity index (χ0n) is 10.0. The summed E-state index contributed by atoms with van der Waals surface area (Å²) >= 11 is 3.49. The van der Waals surface area contributed by atoms with E-state index < -0.39 is 0 Å². The Morgan fingerprint density at radius 2 is 2.44 bits per heavy atom. The van der Waals surface area contributed by atoms with Gasteiger partial charge in [0.05, 0.1) is 6.10 Å². The summed E-state index contributed by atoms with van der Waals surface area (Å²) in [6, 6.07) is 0. The summed E-state index contributed by atoms with van der Waals surface area (Å²) in [5, 5.41) is 2.95. The fourth-order valence-corrected chi connectivity index (χ4v) is 2.19. The van der Waals surface area contributed by atoms with Crippen molar-refractivity contribution in [2.24, 2.45) is 0 Å². The van der Waals surface area contributed by atoms with Crippen molar-refractivity contribution < 1.29 is 9.53 Å². The molecule has 1 rings (SSSR count). The molecule has 1 saturated heterocycles. The fourth-order valence-electron chi connectivity index (χ4n) is 1.86. The number of rotatable bonds is 7. The molecule has 0 aliphatic carbocycles. The van der Waals surface area contributed by atoms with Crippen molar-refractivity contribution in [3.05, 3.63) is 0 Å². The van der Waals surface area contributed by atoms with Crippen molar-refractivity contribution >= 4 is 21.8 Å². The number of nitrogens with one attached hydrogen (secondary N) is 1. The van der Waals surface area contributed by atoms with E-state index in [2.05, 4.69) is 28.2 Å². The first-order valence-corrected chi connectivity index (χ1v) is 7.12. The van der Waals surface area contributed by atoms with Crippen LogP contribution in [0.5, 0.6) is 0 Å². The fraction of sp³-hybridized carbons (Fsp3) is 0.917. The van der Waals surface area contributed by atoms with Crippen LogP contribution in [0.15, 0.2) is 0 Å². The van der Waals surface area contributed by atoms with Crippen LogP contribution in [0.3, 0.4) is 0 Å². The van der Waals surface area contributed by atoms with Gasteiger partial charge in [-0.2, -0.15) is 0 Å². The number of halogens is 1. The van der Waals surface area contributed by atoms with Crippen molar-refractivity contribution in [3.63, 3.8) is 0 Å². The van der Waals surface area contributed by atoms with E-state index in [1.807, 2.05) is 0 Å². The summed E-state index contributed by atoms with van der Waals surface area (Å²) in [5.74, 6) is 0.165. The zero-order valence-corrected chi connectivity index (χ0v) is 11.6. The normalized spacial score (nSPS) is 22.0. The molecule has 0 aromatic heterocycles. The zero-order chi connectivity index (χ0) is 11.8. The minimum Gasteiger partial charge on any atom is -0.378 e. The number of ether oxygens (including phenoxy) is 1. The standard InChI is InChI=1S/C12H22BrNO2/c1-10(13)4-2-8-14-12(15)7-6-11-5-3-9-16-11/h10-11H,2-9H2,1H3,(H,14,15). The molecule has 0 saturated carbocycles. The topological polar surface area (TPSA) is 38.3 Å². The van der Waals surface area contributed by atoms with Gasteiger partial charge in [0.15, 0.2) is 0 Å². The Morgan fingerprint density at radius 3 is 3.06 bits per heavy atom. The molecule has 94 valence electrons. The quantitative estimate of drug-likeness (QED) is 0.578. The third kappa shape index (κ3) is 6.48. The molecule has 0 radical (unpaired) electrons. The van der Waals surface area contributed by atoms with E-state index in [4.69, 9.17) is 4.74 Å². The molecule has 2 atom stereocenters. The largest absolute Gasteiger partial charge is 0.378 e. The first-order chi connectivity index (χ1) is 7.68. The maximum Gasteiger partial charge on any atom is 0.220 e. The first-order valence-electron chi connectivity index (χ1n) is 6.21. The lowest BCUT2D eigenvalue weighted by molar-refractivity contribution is -0.121. The van der Waals surface area contributed by atoms with Gasteiger partial charge in [-0.15, -0.1) is 0 Å². The Balaban J connectivity index is 1.94. The van der Waals surface area contributed by atoms with E-state index in [0.29, 0.717) is 17.4 Å². The van der Waals surface area contributed by atoms with Crippen LogP contribution < -0.4 is 5.32 Å². The molecule has 16 heavy (non-hydrogen) atoms. The summed E-state index contributed by atoms with van der Waals surface area (Å²) in [4.78, 5) is 12.0. The number of carbonyl (C=O) groups excluding carboxylic acids is 1. The highest BCUT2D eigenvalue weighted by Gasteiger charge is 2.16. The molecule has 1 aliphatic heterocycles. The lowest BCUT2D eigenvalue weighted by Gasteiger charge is -2.09. The van der Waals surface area contributed by atoms with Gasteiger partial charge in [0, 0.05) is 24.4 Å². The van der Waals surface area contributed by atoms with Crippen molar-refractivity contribution in [3.8, 4) is 0 Å². The Labute approximate surface area is 106 Å². The lowest BCUT2D eigenvalue weighted by atomic mass is 10.1. The molecule has 1 amide bonds. The molecule has 1 heterocycles. The molecule has 0 aromatic rings. The van der Waals surface area contributed by atoms with Gasteiger partial charge in [-0.3, -0.25) is 4.79 Å². The number of amides is 1. The van der Waals surface area contributed by atoms with Crippen LogP contribution in [-0.2, 0) is 9.53 Å². The average Bonchev–Trinajstić information content (AvgIpc) is 2.74. The maximum absolute atomic E-state index is 11.5. The smallest absolute Gasteiger partial charge is 0.220 e. The molecule has 4 heteroatoms. The summed E-state index contributed by atoms with van der Waals surface area (Å²) in [7, 11) is 0. The molecule has 1 aliphatic rings. The van der Waals surface area contributed by atoms with Crippen LogP contribution in [0.25, 0.3) is 0 Å². The summed E-state index contributed by atoms with van der Waals surface area (Å²) in [6.45, 7) is 3.79. The molecule has 3 nitrogen and oxygen atoms in total. The van der Waals surface area contributed by atoms with Gasteiger partial charge in [0.1, 0.15) is 0 Å². The van der Waals surface area contributed by atoms with Crippen molar-refractivity contribution in [2.45, 2.75) is 56.4 Å². The Bertz CT molecular complexity index is 203. The van der Waals surface area contributed by atoms with E-state index in [-0.39, 0.29) is 5.91 Å². The monoisotopic (exact) mass is 291 g/mol. The van der Waals surface area contributed by atoms with Crippen LogP contribution in [0.2, 0.25) is 0 Å². The van der Waals surface area contributed by atoms with Gasteiger partial charge >= 0.3 is 0 Å². The second-order valence-electron chi connectivity index (χ2n) is 4.45. The number of hydrogen-bond acceptors (Lipinski definition) is 2. The van der Waals surface area contributed by atoms with Gasteiger partial charge in [0.25, 0.3) is 0 Å². The highest BCUT2D eigenvalue weighted by Crippen LogP contribution is 2.16. The SMILES string of the molecule is CC(Br)CCCNC(=O)CCC1CCCO1. The number of alkyl halides is 1. The van der Waals surface area contributed by atoms with E-state index in [0.717, 1.165) is 45.3 Å². The minimum atomic E-state index is 0.165. The van der Waals surface area contributed by atoms with Crippen LogP contribution >= 0.6 is 15.9 Å². The Kier molecular flexibility index (Phi) is 7.05. The van der Waals surface area contributed by atoms with E-state index in [1.165, 1.54) is 0 Å². The summed E-state index contributed by atoms with van der Waals surface area (Å²) in [5.41, 5.74) is 0. The van der Waals surface area contributed by atoms with Crippen LogP contribution in [0.1, 0.15) is 45.4 Å². The van der Waals surface area contributed by atoms with Gasteiger partial charge < -0.3 is 10.1 Å². The van der Waals surface area contributed by atoms with Gasteiger partial charge in [0.2, 0.25) is 5.91 Å². The van der Waals surface area contributed by atoms with E-state index >= 15 is 0 Å². The third-order valence-corrected chi connectivity index (χ3v) is 3.28. The summed E-state index contributed by atoms with van der Waals surface area (Å²) in [6.07, 6.45) is 6.22. The van der Waals surface area contributed by atoms with Crippen molar-refractivity contribution in [1.82, 2.24) is 5.32 Å². The van der Waals surface area contributed by atoms with Crippen LogP contribution in [0, 0.1) is 0 Å². The minimum absolute atomic E-state index is 0.165. The predicted octanol–water partition coefficient (Wildman–Crippen LogP) is 2.63. The second-order valence-corrected chi connectivity index (χ2v) is 6.01. The first kappa shape index (κ1) is 14.0. The van der Waals surface area contributed by atoms with E-state index in [1.54, 1.807) is 0 Å². The lowest BCUT2D eigenvalue weighted by Crippen LogP contribution is -2.25. The molecule has 0 spiro atoms. The maximum atomic E-state index is 11.5. The van der Waals surface area contributed by atoms with Gasteiger partial charge in [-0.05, 0) is 32.1 Å². The Hall–Kier alpha value is -0.0900. The third-order valence-electron chi connectivity index (χ3n) is 2.82. The highest BCUT2D eigenvalue weighted by molar-refractivity contribution is 9.09. The predicted molar refractivity (Wildman–Crippen MR) is 68.8 cm³/mol. The van der Waals surface area contributed by atoms with Crippen molar-refractivity contribution in [1.29, 1.82) is 0 Å². The molecule has 0 aromatic carbocycles. The molecule has 0 bridgehead atoms. The van der Waals surface area contributed by atoms with Gasteiger partial charge in [-0.1, -0.05) is 22.9 Å². The molecule has 1 fully saturated rings. The molecular formula is C12H22BrNO2. The Morgan fingerprint density at radius 1 is 1.62 bits per heavy atom. The molecule has 2 unspecified atom stereocenters. The highest BCUT2D eigenvalue weighted by atomic mass is 79.9. The summed E-state index contributed by atoms with van der Waals surface area (Å²) < 4.78 is 5.47.